The molecule has 2 aromatic carbocycles. The summed E-state index contributed by atoms with van der Waals surface area (Å²) in [5, 5.41) is 2.99. The van der Waals surface area contributed by atoms with Crippen molar-refractivity contribution in [2.75, 3.05) is 13.7 Å². The Bertz CT molecular complexity index is 1890. The van der Waals surface area contributed by atoms with E-state index in [4.69, 9.17) is 20.2 Å². The highest BCUT2D eigenvalue weighted by Crippen LogP contribution is 2.46. The van der Waals surface area contributed by atoms with E-state index in [2.05, 4.69) is 10.0 Å². The number of carbonyl (C=O) groups is 3. The van der Waals surface area contributed by atoms with Crippen LogP contribution in [-0.2, 0) is 24.4 Å². The molecule has 2 saturated carbocycles. The van der Waals surface area contributed by atoms with Gasteiger partial charge in [0.1, 0.15) is 29.2 Å². The first kappa shape index (κ1) is 36.4. The fourth-order valence-corrected chi connectivity index (χ4v) is 7.92. The second-order valence-corrected chi connectivity index (χ2v) is 14.8. The molecular weight excluding hydrogens is 693 g/mol. The summed E-state index contributed by atoms with van der Waals surface area (Å²) in [4.78, 5) is 47.3. The van der Waals surface area contributed by atoms with Gasteiger partial charge in [-0.2, -0.15) is 0 Å². The predicted molar refractivity (Wildman–Crippen MR) is 188 cm³/mol. The number of ether oxygens (including phenoxy) is 2. The molecule has 3 amide bonds. The average Bonchev–Trinajstić information content (AvgIpc) is 3.99. The van der Waals surface area contributed by atoms with Crippen molar-refractivity contribution in [1.82, 2.24) is 19.9 Å². The number of halogens is 2. The van der Waals surface area contributed by atoms with E-state index in [0.717, 1.165) is 10.9 Å². The van der Waals surface area contributed by atoms with Crippen LogP contribution in [0.4, 0.5) is 0 Å². The standard InChI is InChI=1S/C34H37N5O7S.2ClH/c1-45-22-11-14-25-28(15-22)36-27(20-7-3-2-4-8-20)17-30(25)46-23-16-29-31(40)37-34(33(42)38-47(43,44)24-12-13-24)18-21(34)9-5-6-10-26(35)32(41)39(29)19-23;;/h2-5,7-9,11,14-15,17,21,23-24,26,29H,6,10,12-13,16,18-19,35H2,1H3,(H,37,40)(H,38,42);2*1H/b9-5+;;/t21?,23-,26+,29+,34-;;/m1../s1. The zero-order valence-corrected chi connectivity index (χ0v) is 29.2. The summed E-state index contributed by atoms with van der Waals surface area (Å²) in [7, 11) is -2.24. The van der Waals surface area contributed by atoms with Crippen LogP contribution in [0, 0.1) is 5.92 Å². The number of hydrogen-bond donors (Lipinski definition) is 3. The number of nitrogens with two attached hydrogens (primary N) is 1. The highest BCUT2D eigenvalue weighted by molar-refractivity contribution is 7.91. The van der Waals surface area contributed by atoms with Crippen molar-refractivity contribution in [3.05, 3.63) is 66.7 Å². The molecule has 262 valence electrons. The van der Waals surface area contributed by atoms with Crippen LogP contribution in [0.3, 0.4) is 0 Å². The van der Waals surface area contributed by atoms with E-state index in [9.17, 15) is 22.8 Å². The van der Waals surface area contributed by atoms with Crippen molar-refractivity contribution in [3.63, 3.8) is 0 Å². The number of carbonyl (C=O) groups excluding carboxylic acids is 3. The van der Waals surface area contributed by atoms with Crippen LogP contribution >= 0.6 is 24.8 Å². The van der Waals surface area contributed by atoms with Gasteiger partial charge in [-0.05, 0) is 44.2 Å². The summed E-state index contributed by atoms with van der Waals surface area (Å²) in [6, 6.07) is 15.2. The number of allylic oxidation sites excluding steroid dienone is 1. The fraction of sp³-hybridized carbons (Fsp3) is 0.412. The predicted octanol–water partition coefficient (Wildman–Crippen LogP) is 3.26. The lowest BCUT2D eigenvalue weighted by Crippen LogP contribution is -2.57. The van der Waals surface area contributed by atoms with Gasteiger partial charge in [0.2, 0.25) is 21.8 Å². The molecule has 4 aliphatic rings. The Morgan fingerprint density at radius 2 is 1.84 bits per heavy atom. The van der Waals surface area contributed by atoms with Gasteiger partial charge in [0, 0.05) is 35.4 Å². The first-order chi connectivity index (χ1) is 22.6. The van der Waals surface area contributed by atoms with Crippen LogP contribution in [0.2, 0.25) is 0 Å². The first-order valence-electron chi connectivity index (χ1n) is 15.9. The normalized spacial score (nSPS) is 27.1. The zero-order chi connectivity index (χ0) is 32.9. The maximum atomic E-state index is 14.0. The summed E-state index contributed by atoms with van der Waals surface area (Å²) in [6.45, 7) is 0.0970. The van der Waals surface area contributed by atoms with Crippen LogP contribution < -0.4 is 25.2 Å². The van der Waals surface area contributed by atoms with E-state index < -0.39 is 50.8 Å². The van der Waals surface area contributed by atoms with Crippen LogP contribution in [0.1, 0.15) is 38.5 Å². The largest absolute Gasteiger partial charge is 0.497 e. The Balaban J connectivity index is 0.00000234. The molecule has 2 aliphatic carbocycles. The molecule has 3 fully saturated rings. The quantitative estimate of drug-likeness (QED) is 0.309. The summed E-state index contributed by atoms with van der Waals surface area (Å²) in [5.41, 5.74) is 7.12. The Kier molecular flexibility index (Phi) is 10.5. The highest BCUT2D eigenvalue weighted by Gasteiger charge is 2.62. The lowest BCUT2D eigenvalue weighted by Gasteiger charge is -2.28. The van der Waals surface area contributed by atoms with Gasteiger partial charge >= 0.3 is 0 Å². The Hall–Kier alpha value is -3.91. The molecule has 0 radical (unpaired) electrons. The number of pyridine rings is 1. The zero-order valence-electron chi connectivity index (χ0n) is 26.7. The van der Waals surface area contributed by atoms with Crippen molar-refractivity contribution < 1.29 is 32.3 Å². The van der Waals surface area contributed by atoms with Crippen molar-refractivity contribution in [3.8, 4) is 22.8 Å². The van der Waals surface area contributed by atoms with Gasteiger partial charge in [-0.3, -0.25) is 19.1 Å². The number of nitrogens with one attached hydrogen (secondary N) is 2. The van der Waals surface area contributed by atoms with Crippen LogP contribution in [0.5, 0.6) is 11.5 Å². The molecule has 0 bridgehead atoms. The average molecular weight is 733 g/mol. The Morgan fingerprint density at radius 1 is 1.08 bits per heavy atom. The minimum Gasteiger partial charge on any atom is -0.497 e. The molecule has 0 spiro atoms. The number of benzene rings is 2. The summed E-state index contributed by atoms with van der Waals surface area (Å²) < 4.78 is 39.5. The molecule has 7 rings (SSSR count). The van der Waals surface area contributed by atoms with Crippen molar-refractivity contribution >= 4 is 63.5 Å². The van der Waals surface area contributed by atoms with Gasteiger partial charge in [-0.1, -0.05) is 42.5 Å². The van der Waals surface area contributed by atoms with Crippen molar-refractivity contribution in [1.29, 1.82) is 0 Å². The van der Waals surface area contributed by atoms with Gasteiger partial charge in [-0.25, -0.2) is 13.4 Å². The van der Waals surface area contributed by atoms with Crippen molar-refractivity contribution in [2.45, 2.75) is 67.5 Å². The van der Waals surface area contributed by atoms with Gasteiger partial charge in [-0.15, -0.1) is 24.8 Å². The van der Waals surface area contributed by atoms with Crippen LogP contribution in [0.15, 0.2) is 66.7 Å². The molecule has 2 aliphatic heterocycles. The summed E-state index contributed by atoms with van der Waals surface area (Å²) in [6.07, 6.45) is 5.28. The van der Waals surface area contributed by atoms with Gasteiger partial charge in [0.05, 0.1) is 36.2 Å². The van der Waals surface area contributed by atoms with Crippen LogP contribution in [-0.4, -0.2) is 78.7 Å². The lowest BCUT2D eigenvalue weighted by atomic mass is 10.1. The van der Waals surface area contributed by atoms with E-state index in [1.807, 2.05) is 60.7 Å². The van der Waals surface area contributed by atoms with E-state index in [1.165, 1.54) is 4.90 Å². The first-order valence-corrected chi connectivity index (χ1v) is 17.4. The smallest absolute Gasteiger partial charge is 0.259 e. The molecule has 12 nitrogen and oxygen atoms in total. The Labute approximate surface area is 297 Å². The van der Waals surface area contributed by atoms with E-state index in [-0.39, 0.29) is 56.0 Å². The monoisotopic (exact) mass is 731 g/mol. The van der Waals surface area contributed by atoms with Gasteiger partial charge in [0.25, 0.3) is 5.91 Å². The Morgan fingerprint density at radius 3 is 2.55 bits per heavy atom. The molecule has 4 N–H and O–H groups in total. The third-order valence-electron chi connectivity index (χ3n) is 9.48. The maximum absolute atomic E-state index is 14.0. The van der Waals surface area contributed by atoms with Gasteiger partial charge in [0.15, 0.2) is 0 Å². The van der Waals surface area contributed by atoms with E-state index >= 15 is 0 Å². The topological polar surface area (TPSA) is 170 Å². The van der Waals surface area contributed by atoms with E-state index in [0.29, 0.717) is 48.4 Å². The molecule has 1 unspecified atom stereocenters. The number of amides is 3. The molecule has 1 aromatic heterocycles. The summed E-state index contributed by atoms with van der Waals surface area (Å²) in [5.74, 6) is -0.909. The minimum absolute atomic E-state index is 0. The van der Waals surface area contributed by atoms with E-state index in [1.54, 1.807) is 13.2 Å². The van der Waals surface area contributed by atoms with Gasteiger partial charge < -0.3 is 25.4 Å². The second-order valence-electron chi connectivity index (χ2n) is 12.8. The third-order valence-corrected chi connectivity index (χ3v) is 11.3. The fourth-order valence-electron chi connectivity index (χ4n) is 6.55. The SMILES string of the molecule is COc1ccc2c(O[C@@H]3C[C@H]4C(=O)N[C@]5(C(=O)NS(=O)(=O)C6CC6)CC5/C=C/CC[C@H](N)C(=O)N4C3)cc(-c3ccccc3)nc2c1.Cl.Cl. The third kappa shape index (κ3) is 7.21. The molecule has 49 heavy (non-hydrogen) atoms. The second kappa shape index (κ2) is 14.1. The molecule has 1 saturated heterocycles. The molecule has 3 heterocycles. The highest BCUT2D eigenvalue weighted by atomic mass is 35.5. The lowest BCUT2D eigenvalue weighted by molar-refractivity contribution is -0.140. The number of fused-ring (bicyclic) bond motifs is 3. The minimum atomic E-state index is -3.83. The number of aromatic nitrogens is 1. The maximum Gasteiger partial charge on any atom is 0.259 e. The molecule has 3 aromatic rings. The molecular formula is C34H39Cl2N5O7S. The molecule has 15 heteroatoms. The number of hydrogen-bond acceptors (Lipinski definition) is 9. The summed E-state index contributed by atoms with van der Waals surface area (Å²) >= 11 is 0. The number of sulfonamides is 1. The van der Waals surface area contributed by atoms with Crippen LogP contribution in [0.25, 0.3) is 22.2 Å². The number of rotatable bonds is 7. The molecule has 5 atom stereocenters. The van der Waals surface area contributed by atoms with Crippen molar-refractivity contribution in [2.24, 2.45) is 11.7 Å². The number of nitrogens with zero attached hydrogens (tertiary/aromatic N) is 2. The number of methoxy groups -OCH3 is 1.